The highest BCUT2D eigenvalue weighted by molar-refractivity contribution is 5.57. The molecule has 0 aromatic carbocycles. The fourth-order valence-corrected chi connectivity index (χ4v) is 3.80. The van der Waals surface area contributed by atoms with Crippen LogP contribution in [0.1, 0.15) is 37.5 Å². The van der Waals surface area contributed by atoms with Crippen LogP contribution in [-0.2, 0) is 4.74 Å². The highest BCUT2D eigenvalue weighted by atomic mass is 19.1. The third kappa shape index (κ3) is 3.57. The van der Waals surface area contributed by atoms with Gasteiger partial charge in [-0.15, -0.1) is 0 Å². The highest BCUT2D eigenvalue weighted by Crippen LogP contribution is 2.30. The zero-order valence-electron chi connectivity index (χ0n) is 15.0. The van der Waals surface area contributed by atoms with E-state index in [-0.39, 0.29) is 6.04 Å². The van der Waals surface area contributed by atoms with Gasteiger partial charge >= 0.3 is 0 Å². The standard InChI is InChI=1S/C18H25FN6O/c1-12-21-11-16(25(12)14-4-8-26-9-5-14)17-15(19)10-22-18(24-17)23-13-2-6-20-7-3-13/h10-11,13-14,20H,2-9H2,1H3,(H,22,23,24). The van der Waals surface area contributed by atoms with Crippen LogP contribution in [0.25, 0.3) is 11.4 Å². The molecule has 4 heterocycles. The molecule has 2 aliphatic heterocycles. The number of ether oxygens (including phenoxy) is 1. The lowest BCUT2D eigenvalue weighted by atomic mass is 10.1. The van der Waals surface area contributed by atoms with E-state index in [1.54, 1.807) is 6.20 Å². The number of anilines is 1. The van der Waals surface area contributed by atoms with E-state index in [1.165, 1.54) is 6.20 Å². The predicted octanol–water partition coefficient (Wildman–Crippen LogP) is 2.30. The number of hydrogen-bond donors (Lipinski definition) is 2. The van der Waals surface area contributed by atoms with Crippen molar-refractivity contribution in [2.75, 3.05) is 31.6 Å². The van der Waals surface area contributed by atoms with Gasteiger partial charge < -0.3 is 19.9 Å². The Labute approximate surface area is 152 Å². The van der Waals surface area contributed by atoms with Gasteiger partial charge in [0.05, 0.1) is 18.1 Å². The molecule has 2 saturated heterocycles. The van der Waals surface area contributed by atoms with Gasteiger partial charge in [0, 0.05) is 25.3 Å². The van der Waals surface area contributed by atoms with Gasteiger partial charge in [0.25, 0.3) is 0 Å². The second-order valence-electron chi connectivity index (χ2n) is 6.96. The van der Waals surface area contributed by atoms with E-state index in [4.69, 9.17) is 4.74 Å². The summed E-state index contributed by atoms with van der Waals surface area (Å²) in [6.07, 6.45) is 6.78. The molecule has 0 unspecified atom stereocenters. The quantitative estimate of drug-likeness (QED) is 0.871. The largest absolute Gasteiger partial charge is 0.381 e. The van der Waals surface area contributed by atoms with Crippen LogP contribution in [-0.4, -0.2) is 51.9 Å². The first kappa shape index (κ1) is 17.4. The highest BCUT2D eigenvalue weighted by Gasteiger charge is 2.24. The summed E-state index contributed by atoms with van der Waals surface area (Å²) in [6.45, 7) is 5.34. The average molecular weight is 360 g/mol. The third-order valence-corrected chi connectivity index (χ3v) is 5.20. The number of aryl methyl sites for hydroxylation is 1. The van der Waals surface area contributed by atoms with Gasteiger partial charge in [-0.1, -0.05) is 0 Å². The second-order valence-corrected chi connectivity index (χ2v) is 6.96. The van der Waals surface area contributed by atoms with Gasteiger partial charge in [-0.25, -0.2) is 19.3 Å². The second kappa shape index (κ2) is 7.67. The van der Waals surface area contributed by atoms with E-state index in [9.17, 15) is 4.39 Å². The zero-order valence-corrected chi connectivity index (χ0v) is 15.0. The van der Waals surface area contributed by atoms with Crippen LogP contribution in [0.4, 0.5) is 10.3 Å². The Bertz CT molecular complexity index is 752. The lowest BCUT2D eigenvalue weighted by Gasteiger charge is -2.26. The molecule has 2 aromatic rings. The molecular weight excluding hydrogens is 335 g/mol. The van der Waals surface area contributed by atoms with E-state index in [2.05, 4.69) is 30.2 Å². The molecule has 2 aliphatic rings. The van der Waals surface area contributed by atoms with Gasteiger partial charge in [-0.2, -0.15) is 0 Å². The Morgan fingerprint density at radius 1 is 1.15 bits per heavy atom. The number of aromatic nitrogens is 4. The van der Waals surface area contributed by atoms with Crippen molar-refractivity contribution in [3.63, 3.8) is 0 Å². The first-order valence-electron chi connectivity index (χ1n) is 9.34. The van der Waals surface area contributed by atoms with Crippen LogP contribution in [0.3, 0.4) is 0 Å². The molecule has 2 aromatic heterocycles. The minimum absolute atomic E-state index is 0.261. The molecule has 7 nitrogen and oxygen atoms in total. The van der Waals surface area contributed by atoms with Crippen LogP contribution >= 0.6 is 0 Å². The number of imidazole rings is 1. The molecule has 4 rings (SSSR count). The fraction of sp³-hybridized carbons (Fsp3) is 0.611. The van der Waals surface area contributed by atoms with E-state index in [0.29, 0.717) is 23.4 Å². The lowest BCUT2D eigenvalue weighted by molar-refractivity contribution is 0.0694. The Morgan fingerprint density at radius 2 is 1.92 bits per heavy atom. The van der Waals surface area contributed by atoms with Crippen LogP contribution in [0.5, 0.6) is 0 Å². The van der Waals surface area contributed by atoms with Gasteiger partial charge in [0.15, 0.2) is 5.82 Å². The summed E-state index contributed by atoms with van der Waals surface area (Å²) in [6, 6.07) is 0.577. The molecule has 26 heavy (non-hydrogen) atoms. The SMILES string of the molecule is Cc1ncc(-c2nc(NC3CCNCC3)ncc2F)n1C1CCOCC1. The Kier molecular flexibility index (Phi) is 5.12. The summed E-state index contributed by atoms with van der Waals surface area (Å²) < 4.78 is 22.1. The molecule has 0 amide bonds. The van der Waals surface area contributed by atoms with Crippen LogP contribution in [0.15, 0.2) is 12.4 Å². The predicted molar refractivity (Wildman–Crippen MR) is 96.6 cm³/mol. The van der Waals surface area contributed by atoms with Crippen molar-refractivity contribution >= 4 is 5.95 Å². The van der Waals surface area contributed by atoms with E-state index >= 15 is 0 Å². The number of hydrogen-bond acceptors (Lipinski definition) is 6. The number of halogens is 1. The first-order chi connectivity index (χ1) is 12.7. The molecular formula is C18H25FN6O. The maximum Gasteiger partial charge on any atom is 0.223 e. The fourth-order valence-electron chi connectivity index (χ4n) is 3.80. The van der Waals surface area contributed by atoms with Gasteiger partial charge in [0.1, 0.15) is 11.5 Å². The smallest absolute Gasteiger partial charge is 0.223 e. The van der Waals surface area contributed by atoms with Gasteiger partial charge in [0.2, 0.25) is 5.95 Å². The van der Waals surface area contributed by atoms with Crippen molar-refractivity contribution in [3.05, 3.63) is 24.0 Å². The molecule has 0 spiro atoms. The van der Waals surface area contributed by atoms with E-state index in [1.807, 2.05) is 6.92 Å². The normalized spacial score (nSPS) is 19.6. The Morgan fingerprint density at radius 3 is 2.69 bits per heavy atom. The molecule has 2 fully saturated rings. The third-order valence-electron chi connectivity index (χ3n) is 5.20. The summed E-state index contributed by atoms with van der Waals surface area (Å²) in [5.41, 5.74) is 1.02. The average Bonchev–Trinajstić information content (AvgIpc) is 3.06. The molecule has 8 heteroatoms. The zero-order chi connectivity index (χ0) is 17.9. The molecule has 0 bridgehead atoms. The summed E-state index contributed by atoms with van der Waals surface area (Å²) in [4.78, 5) is 13.1. The number of nitrogens with zero attached hydrogens (tertiary/aromatic N) is 4. The number of nitrogens with one attached hydrogen (secondary N) is 2. The van der Waals surface area contributed by atoms with Crippen LogP contribution in [0, 0.1) is 12.7 Å². The van der Waals surface area contributed by atoms with Crippen LogP contribution < -0.4 is 10.6 Å². The summed E-state index contributed by atoms with van der Waals surface area (Å²) in [5, 5.41) is 6.68. The maximum absolute atomic E-state index is 14.6. The van der Waals surface area contributed by atoms with Crippen molar-refractivity contribution in [3.8, 4) is 11.4 Å². The van der Waals surface area contributed by atoms with Crippen molar-refractivity contribution in [1.29, 1.82) is 0 Å². The topological polar surface area (TPSA) is 76.9 Å². The maximum atomic E-state index is 14.6. The number of piperidine rings is 1. The van der Waals surface area contributed by atoms with Gasteiger partial charge in [-0.3, -0.25) is 0 Å². The minimum atomic E-state index is -0.422. The summed E-state index contributed by atoms with van der Waals surface area (Å²) in [7, 11) is 0. The monoisotopic (exact) mass is 360 g/mol. The van der Waals surface area contributed by atoms with Crippen molar-refractivity contribution < 1.29 is 9.13 Å². The molecule has 2 N–H and O–H groups in total. The van der Waals surface area contributed by atoms with Crippen molar-refractivity contribution in [1.82, 2.24) is 24.8 Å². The Balaban J connectivity index is 1.63. The molecule has 0 aliphatic carbocycles. The van der Waals surface area contributed by atoms with E-state index < -0.39 is 5.82 Å². The Hall–Kier alpha value is -2.06. The summed E-state index contributed by atoms with van der Waals surface area (Å²) in [5.74, 6) is 0.928. The first-order valence-corrected chi connectivity index (χ1v) is 9.34. The molecule has 0 atom stereocenters. The number of rotatable bonds is 4. The minimum Gasteiger partial charge on any atom is -0.381 e. The van der Waals surface area contributed by atoms with E-state index in [0.717, 1.165) is 57.8 Å². The molecule has 140 valence electrons. The van der Waals surface area contributed by atoms with Gasteiger partial charge in [-0.05, 0) is 45.7 Å². The van der Waals surface area contributed by atoms with Crippen LogP contribution in [0.2, 0.25) is 0 Å². The lowest BCUT2D eigenvalue weighted by Crippen LogP contribution is -2.35. The summed E-state index contributed by atoms with van der Waals surface area (Å²) >= 11 is 0. The van der Waals surface area contributed by atoms with Crippen molar-refractivity contribution in [2.24, 2.45) is 0 Å². The van der Waals surface area contributed by atoms with Crippen molar-refractivity contribution in [2.45, 2.75) is 44.7 Å². The molecule has 0 saturated carbocycles. The molecule has 0 radical (unpaired) electrons.